The van der Waals surface area contributed by atoms with Gasteiger partial charge in [0.05, 0.1) is 26.9 Å². The molecule has 0 aliphatic rings. The van der Waals surface area contributed by atoms with Gasteiger partial charge in [0.25, 0.3) is 10.0 Å². The first-order valence-corrected chi connectivity index (χ1v) is 9.72. The molecule has 0 amide bonds. The van der Waals surface area contributed by atoms with Gasteiger partial charge < -0.3 is 24.4 Å². The van der Waals surface area contributed by atoms with Crippen molar-refractivity contribution in [2.75, 3.05) is 26.1 Å². The highest BCUT2D eigenvalue weighted by Gasteiger charge is 2.26. The number of benzene rings is 2. The molecular weight excluding hydrogens is 418 g/mol. The summed E-state index contributed by atoms with van der Waals surface area (Å²) >= 11 is 0. The zero-order chi connectivity index (χ0) is 22.5. The van der Waals surface area contributed by atoms with Crippen LogP contribution in [0.3, 0.4) is 0 Å². The molecule has 0 bridgehead atoms. The Hall–Kier alpha value is -3.73. The summed E-state index contributed by atoms with van der Waals surface area (Å²) < 4.78 is 43.6. The molecule has 0 fully saturated rings. The molecular formula is C19H19NO9S. The summed E-state index contributed by atoms with van der Waals surface area (Å²) in [4.78, 5) is 22.1. The molecule has 0 aliphatic heterocycles. The minimum Gasteiger partial charge on any atom is -0.497 e. The Kier molecular flexibility index (Phi) is 6.90. The first-order valence-electron chi connectivity index (χ1n) is 8.24. The highest BCUT2D eigenvalue weighted by molar-refractivity contribution is 7.92. The van der Waals surface area contributed by atoms with Crippen molar-refractivity contribution in [1.82, 2.24) is 0 Å². The first kappa shape index (κ1) is 22.6. The fourth-order valence-electron chi connectivity index (χ4n) is 2.51. The van der Waals surface area contributed by atoms with E-state index in [9.17, 15) is 23.1 Å². The lowest BCUT2D eigenvalue weighted by Crippen LogP contribution is -2.17. The molecule has 0 radical (unpaired) electrons. The molecule has 0 atom stereocenters. The van der Waals surface area contributed by atoms with Crippen molar-refractivity contribution in [2.24, 2.45) is 0 Å². The number of carboxylic acids is 2. The van der Waals surface area contributed by atoms with Crippen LogP contribution in [0.15, 0.2) is 41.3 Å². The lowest BCUT2D eigenvalue weighted by molar-refractivity contribution is -0.131. The lowest BCUT2D eigenvalue weighted by Gasteiger charge is -2.17. The molecule has 10 nitrogen and oxygen atoms in total. The van der Waals surface area contributed by atoms with Crippen molar-refractivity contribution in [1.29, 1.82) is 0 Å². The SMILES string of the molecule is COc1cc(OC)c(NS(=O)(=O)c2cc(/C=C/C(=O)O)ccc2OC)c(C(=O)O)c1. The number of hydrogen-bond acceptors (Lipinski definition) is 7. The number of aromatic carboxylic acids is 1. The third kappa shape index (κ3) is 5.00. The van der Waals surface area contributed by atoms with E-state index in [-0.39, 0.29) is 33.4 Å². The van der Waals surface area contributed by atoms with E-state index in [1.54, 1.807) is 0 Å². The molecule has 30 heavy (non-hydrogen) atoms. The Morgan fingerprint density at radius 1 is 0.967 bits per heavy atom. The molecule has 2 aromatic carbocycles. The van der Waals surface area contributed by atoms with Crippen molar-refractivity contribution < 1.29 is 42.4 Å². The first-order chi connectivity index (χ1) is 14.1. The maximum atomic E-state index is 13.1. The summed E-state index contributed by atoms with van der Waals surface area (Å²) in [5, 5.41) is 18.3. The van der Waals surface area contributed by atoms with Gasteiger partial charge in [-0.1, -0.05) is 6.07 Å². The van der Waals surface area contributed by atoms with E-state index >= 15 is 0 Å². The molecule has 3 N–H and O–H groups in total. The summed E-state index contributed by atoms with van der Waals surface area (Å²) in [7, 11) is -0.533. The number of sulfonamides is 1. The second-order valence-electron chi connectivity index (χ2n) is 5.74. The third-order valence-electron chi connectivity index (χ3n) is 3.89. The number of anilines is 1. The van der Waals surface area contributed by atoms with Crippen molar-refractivity contribution in [2.45, 2.75) is 4.90 Å². The molecule has 11 heteroatoms. The molecule has 0 saturated carbocycles. The minimum atomic E-state index is -4.37. The van der Waals surface area contributed by atoms with Gasteiger partial charge in [-0.05, 0) is 29.8 Å². The number of nitrogens with one attached hydrogen (secondary N) is 1. The van der Waals surface area contributed by atoms with E-state index in [0.29, 0.717) is 0 Å². The summed E-state index contributed by atoms with van der Waals surface area (Å²) in [5.74, 6) is -2.56. The van der Waals surface area contributed by atoms with Gasteiger partial charge in [-0.25, -0.2) is 18.0 Å². The lowest BCUT2D eigenvalue weighted by atomic mass is 10.1. The zero-order valence-corrected chi connectivity index (χ0v) is 17.0. The highest BCUT2D eigenvalue weighted by Crippen LogP contribution is 2.36. The fourth-order valence-corrected chi connectivity index (χ4v) is 3.80. The van der Waals surface area contributed by atoms with Crippen LogP contribution in [0.2, 0.25) is 0 Å². The van der Waals surface area contributed by atoms with Crippen LogP contribution in [0, 0.1) is 0 Å². The zero-order valence-electron chi connectivity index (χ0n) is 16.2. The highest BCUT2D eigenvalue weighted by atomic mass is 32.2. The molecule has 0 spiro atoms. The Bertz CT molecular complexity index is 1110. The van der Waals surface area contributed by atoms with E-state index in [1.165, 1.54) is 51.7 Å². The number of aliphatic carboxylic acids is 1. The number of carboxylic acid groups (broad SMARTS) is 2. The molecule has 0 saturated heterocycles. The molecule has 0 aromatic heterocycles. The Morgan fingerprint density at radius 2 is 1.63 bits per heavy atom. The summed E-state index contributed by atoms with van der Waals surface area (Å²) in [6.07, 6.45) is 2.05. The maximum absolute atomic E-state index is 13.1. The third-order valence-corrected chi connectivity index (χ3v) is 5.26. The summed E-state index contributed by atoms with van der Waals surface area (Å²) in [5.41, 5.74) is -0.422. The molecule has 0 aliphatic carbocycles. The van der Waals surface area contributed by atoms with Gasteiger partial charge >= 0.3 is 11.9 Å². The van der Waals surface area contributed by atoms with E-state index < -0.39 is 27.5 Å². The van der Waals surface area contributed by atoms with Gasteiger partial charge in [-0.15, -0.1) is 0 Å². The van der Waals surface area contributed by atoms with Gasteiger partial charge in [0, 0.05) is 12.1 Å². The van der Waals surface area contributed by atoms with E-state index in [1.807, 2.05) is 0 Å². The van der Waals surface area contributed by atoms with Crippen LogP contribution in [0.25, 0.3) is 6.08 Å². The largest absolute Gasteiger partial charge is 0.497 e. The normalized spacial score (nSPS) is 11.2. The van der Waals surface area contributed by atoms with Gasteiger partial charge in [-0.3, -0.25) is 4.72 Å². The average molecular weight is 437 g/mol. The Morgan fingerprint density at radius 3 is 2.17 bits per heavy atom. The molecule has 2 rings (SSSR count). The Balaban J connectivity index is 2.62. The van der Waals surface area contributed by atoms with Crippen molar-refractivity contribution >= 4 is 33.7 Å². The monoisotopic (exact) mass is 437 g/mol. The van der Waals surface area contributed by atoms with E-state index in [4.69, 9.17) is 19.3 Å². The van der Waals surface area contributed by atoms with Crippen LogP contribution in [0.4, 0.5) is 5.69 Å². The molecule has 2 aromatic rings. The number of rotatable bonds is 9. The van der Waals surface area contributed by atoms with Crippen LogP contribution in [0.5, 0.6) is 17.2 Å². The number of methoxy groups -OCH3 is 3. The molecule has 0 unspecified atom stereocenters. The standard InChI is InChI=1S/C19H19NO9S/c1-27-12-9-13(19(23)24)18(15(10-12)29-3)20-30(25,26)16-8-11(5-7-17(21)22)4-6-14(16)28-2/h4-10,20H,1-3H3,(H,21,22)(H,23,24)/b7-5+. The predicted octanol–water partition coefficient (Wildman–Crippen LogP) is 2.31. The maximum Gasteiger partial charge on any atom is 0.338 e. The second-order valence-corrected chi connectivity index (χ2v) is 7.40. The van der Waals surface area contributed by atoms with Crippen molar-refractivity contribution in [3.05, 3.63) is 47.5 Å². The van der Waals surface area contributed by atoms with Crippen LogP contribution in [-0.4, -0.2) is 51.9 Å². The summed E-state index contributed by atoms with van der Waals surface area (Å²) in [6, 6.07) is 6.48. The quantitative estimate of drug-likeness (QED) is 0.502. The number of ether oxygens (including phenoxy) is 3. The number of hydrogen-bond donors (Lipinski definition) is 3. The van der Waals surface area contributed by atoms with Gasteiger partial charge in [-0.2, -0.15) is 0 Å². The van der Waals surface area contributed by atoms with Crippen LogP contribution >= 0.6 is 0 Å². The topological polar surface area (TPSA) is 148 Å². The van der Waals surface area contributed by atoms with Crippen LogP contribution in [-0.2, 0) is 14.8 Å². The van der Waals surface area contributed by atoms with Gasteiger partial charge in [0.15, 0.2) is 0 Å². The smallest absolute Gasteiger partial charge is 0.338 e. The molecule has 160 valence electrons. The van der Waals surface area contributed by atoms with Crippen LogP contribution < -0.4 is 18.9 Å². The minimum absolute atomic E-state index is 0.0284. The van der Waals surface area contributed by atoms with Crippen molar-refractivity contribution in [3.8, 4) is 17.2 Å². The fraction of sp³-hybridized carbons (Fsp3) is 0.158. The second kappa shape index (κ2) is 9.18. The Labute approximate surface area is 172 Å². The number of carbonyl (C=O) groups is 2. The van der Waals surface area contributed by atoms with Crippen LogP contribution in [0.1, 0.15) is 15.9 Å². The van der Waals surface area contributed by atoms with Gasteiger partial charge in [0.2, 0.25) is 0 Å². The molecule has 0 heterocycles. The van der Waals surface area contributed by atoms with E-state index in [0.717, 1.165) is 12.1 Å². The summed E-state index contributed by atoms with van der Waals surface area (Å²) in [6.45, 7) is 0. The van der Waals surface area contributed by atoms with Crippen molar-refractivity contribution in [3.63, 3.8) is 0 Å². The van der Waals surface area contributed by atoms with E-state index in [2.05, 4.69) is 4.72 Å². The average Bonchev–Trinajstić information content (AvgIpc) is 2.71. The van der Waals surface area contributed by atoms with Gasteiger partial charge in [0.1, 0.15) is 27.8 Å². The predicted molar refractivity (Wildman–Crippen MR) is 107 cm³/mol.